The molecule has 0 fully saturated rings. The van der Waals surface area contributed by atoms with Crippen molar-refractivity contribution in [3.8, 4) is 5.75 Å². The van der Waals surface area contributed by atoms with Gasteiger partial charge in [0.15, 0.2) is 6.10 Å². The molecule has 0 amide bonds. The maximum atomic E-state index is 13.3. The lowest BCUT2D eigenvalue weighted by Gasteiger charge is -2.16. The number of carbonyl (C=O) groups excluding carboxylic acids is 1. The van der Waals surface area contributed by atoms with Crippen LogP contribution in [0.4, 0.5) is 5.69 Å². The summed E-state index contributed by atoms with van der Waals surface area (Å²) in [6, 6.07) is 9.50. The SMILES string of the molecule is CCOC(=O)[C@H](C)Oc1c(C=Nn2c([C@H](C)CC)nc3ccc(Br)cc3c2=O)cccc1[N+](=O)[O-]. The molecule has 1 aromatic heterocycles. The molecule has 184 valence electrons. The number of rotatable bonds is 9. The number of ether oxygens (including phenoxy) is 2. The van der Waals surface area contributed by atoms with E-state index in [0.717, 1.165) is 4.47 Å². The molecule has 0 bridgehead atoms. The quantitative estimate of drug-likeness (QED) is 0.164. The van der Waals surface area contributed by atoms with Crippen LogP contribution in [-0.4, -0.2) is 39.5 Å². The predicted molar refractivity (Wildman–Crippen MR) is 135 cm³/mol. The van der Waals surface area contributed by atoms with E-state index in [0.29, 0.717) is 23.1 Å². The van der Waals surface area contributed by atoms with E-state index in [4.69, 9.17) is 9.47 Å². The number of hydrogen-bond donors (Lipinski definition) is 0. The van der Waals surface area contributed by atoms with Gasteiger partial charge in [0.25, 0.3) is 5.56 Å². The number of fused-ring (bicyclic) bond motifs is 1. The summed E-state index contributed by atoms with van der Waals surface area (Å²) in [6.07, 6.45) is 0.909. The monoisotopic (exact) mass is 544 g/mol. The molecule has 11 heteroatoms. The molecule has 0 aliphatic carbocycles. The predicted octanol–water partition coefficient (Wildman–Crippen LogP) is 4.79. The van der Waals surface area contributed by atoms with Crippen molar-refractivity contribution < 1.29 is 19.2 Å². The second-order valence-corrected chi connectivity index (χ2v) is 8.68. The molecule has 35 heavy (non-hydrogen) atoms. The minimum absolute atomic E-state index is 0.0856. The lowest BCUT2D eigenvalue weighted by molar-refractivity contribution is -0.386. The van der Waals surface area contributed by atoms with E-state index in [-0.39, 0.29) is 35.1 Å². The number of para-hydroxylation sites is 1. The molecule has 0 saturated carbocycles. The smallest absolute Gasteiger partial charge is 0.347 e. The Labute approximate surface area is 209 Å². The molecular formula is C24H25BrN4O6. The van der Waals surface area contributed by atoms with Crippen LogP contribution in [0.25, 0.3) is 10.9 Å². The Balaban J connectivity index is 2.16. The van der Waals surface area contributed by atoms with Gasteiger partial charge in [-0.3, -0.25) is 14.9 Å². The largest absolute Gasteiger partial charge is 0.471 e. The van der Waals surface area contributed by atoms with E-state index in [2.05, 4.69) is 26.0 Å². The van der Waals surface area contributed by atoms with Crippen LogP contribution in [0.2, 0.25) is 0 Å². The van der Waals surface area contributed by atoms with Crippen LogP contribution in [0.3, 0.4) is 0 Å². The first-order valence-corrected chi connectivity index (χ1v) is 11.8. The van der Waals surface area contributed by atoms with Gasteiger partial charge in [-0.05, 0) is 44.5 Å². The Morgan fingerprint density at radius 2 is 2.03 bits per heavy atom. The standard InChI is InChI=1S/C24H25BrN4O6/c1-5-14(3)22-27-19-11-10-17(25)12-18(19)23(30)28(22)26-13-16-8-7-9-20(29(32)33)21(16)35-15(4)24(31)34-6-2/h7-15H,5-6H2,1-4H3/t14-,15+/m1/s1. The fourth-order valence-electron chi connectivity index (χ4n) is 3.30. The van der Waals surface area contributed by atoms with E-state index < -0.39 is 17.0 Å². The Morgan fingerprint density at radius 1 is 1.29 bits per heavy atom. The Hall–Kier alpha value is -3.60. The average Bonchev–Trinajstić information content (AvgIpc) is 2.83. The van der Waals surface area contributed by atoms with Gasteiger partial charge < -0.3 is 9.47 Å². The van der Waals surface area contributed by atoms with Gasteiger partial charge in [-0.2, -0.15) is 9.78 Å². The lowest BCUT2D eigenvalue weighted by Crippen LogP contribution is -2.27. The molecule has 1 heterocycles. The molecule has 0 spiro atoms. The zero-order valence-electron chi connectivity index (χ0n) is 19.7. The van der Waals surface area contributed by atoms with Crippen LogP contribution in [0.1, 0.15) is 51.4 Å². The third-order valence-electron chi connectivity index (χ3n) is 5.33. The number of nitro benzene ring substituents is 1. The topological polar surface area (TPSA) is 126 Å². The number of nitro groups is 1. The Bertz CT molecular complexity index is 1350. The number of hydrogen-bond acceptors (Lipinski definition) is 8. The Kier molecular flexibility index (Phi) is 8.34. The van der Waals surface area contributed by atoms with E-state index in [1.165, 1.54) is 29.9 Å². The molecular weight excluding hydrogens is 520 g/mol. The van der Waals surface area contributed by atoms with Crippen molar-refractivity contribution in [2.45, 2.75) is 46.1 Å². The van der Waals surface area contributed by atoms with Crippen molar-refractivity contribution in [3.63, 3.8) is 0 Å². The van der Waals surface area contributed by atoms with E-state index in [9.17, 15) is 19.7 Å². The number of nitrogens with zero attached hydrogens (tertiary/aromatic N) is 4. The minimum Gasteiger partial charge on any atom is -0.471 e. The molecule has 10 nitrogen and oxygen atoms in total. The van der Waals surface area contributed by atoms with E-state index in [1.54, 1.807) is 31.2 Å². The number of halogens is 1. The second-order valence-electron chi connectivity index (χ2n) is 7.77. The third-order valence-corrected chi connectivity index (χ3v) is 5.83. The molecule has 3 aromatic rings. The number of benzene rings is 2. The van der Waals surface area contributed by atoms with Crippen molar-refractivity contribution in [2.75, 3.05) is 6.61 Å². The van der Waals surface area contributed by atoms with Crippen molar-refractivity contribution >= 4 is 44.7 Å². The summed E-state index contributed by atoms with van der Waals surface area (Å²) in [6.45, 7) is 7.13. The highest BCUT2D eigenvalue weighted by Gasteiger charge is 2.24. The summed E-state index contributed by atoms with van der Waals surface area (Å²) < 4.78 is 12.5. The summed E-state index contributed by atoms with van der Waals surface area (Å²) in [5, 5.41) is 16.4. The van der Waals surface area contributed by atoms with Crippen molar-refractivity contribution in [3.05, 3.63) is 72.7 Å². The molecule has 0 aliphatic rings. The van der Waals surface area contributed by atoms with E-state index in [1.807, 2.05) is 13.8 Å². The van der Waals surface area contributed by atoms with Gasteiger partial charge in [0, 0.05) is 22.0 Å². The van der Waals surface area contributed by atoms with Gasteiger partial charge in [-0.1, -0.05) is 35.8 Å². The average molecular weight is 545 g/mol. The molecule has 3 rings (SSSR count). The van der Waals surface area contributed by atoms with Crippen molar-refractivity contribution in [2.24, 2.45) is 5.10 Å². The summed E-state index contributed by atoms with van der Waals surface area (Å²) in [5.41, 5.74) is 0.0325. The van der Waals surface area contributed by atoms with Crippen LogP contribution < -0.4 is 10.3 Å². The maximum absolute atomic E-state index is 13.3. The molecule has 0 aliphatic heterocycles. The highest BCUT2D eigenvalue weighted by Crippen LogP contribution is 2.31. The van der Waals surface area contributed by atoms with Crippen LogP contribution >= 0.6 is 15.9 Å². The molecule has 0 saturated heterocycles. The molecule has 0 N–H and O–H groups in total. The molecule has 2 atom stereocenters. The second kappa shape index (κ2) is 11.2. The number of esters is 1. The van der Waals surface area contributed by atoms with Crippen LogP contribution in [0.5, 0.6) is 5.75 Å². The first kappa shape index (κ1) is 26.0. The third kappa shape index (κ3) is 5.73. The Morgan fingerprint density at radius 3 is 2.69 bits per heavy atom. The van der Waals surface area contributed by atoms with Gasteiger partial charge in [0.2, 0.25) is 5.75 Å². The first-order chi connectivity index (χ1) is 16.7. The van der Waals surface area contributed by atoms with E-state index >= 15 is 0 Å². The van der Waals surface area contributed by atoms with Crippen LogP contribution in [0, 0.1) is 10.1 Å². The maximum Gasteiger partial charge on any atom is 0.347 e. The van der Waals surface area contributed by atoms with Crippen LogP contribution in [0.15, 0.2) is 50.8 Å². The fourth-order valence-corrected chi connectivity index (χ4v) is 3.66. The fraction of sp³-hybridized carbons (Fsp3) is 0.333. The summed E-state index contributed by atoms with van der Waals surface area (Å²) >= 11 is 3.37. The molecule has 0 unspecified atom stereocenters. The van der Waals surface area contributed by atoms with Gasteiger partial charge >= 0.3 is 11.7 Å². The summed E-state index contributed by atoms with van der Waals surface area (Å²) in [7, 11) is 0. The highest BCUT2D eigenvalue weighted by molar-refractivity contribution is 9.10. The van der Waals surface area contributed by atoms with Gasteiger partial charge in [0.1, 0.15) is 5.82 Å². The van der Waals surface area contributed by atoms with Gasteiger partial charge in [-0.25, -0.2) is 9.78 Å². The summed E-state index contributed by atoms with van der Waals surface area (Å²) in [4.78, 5) is 41.1. The zero-order valence-corrected chi connectivity index (χ0v) is 21.3. The minimum atomic E-state index is -1.10. The number of aromatic nitrogens is 2. The zero-order chi connectivity index (χ0) is 25.7. The van der Waals surface area contributed by atoms with Crippen LogP contribution in [-0.2, 0) is 9.53 Å². The molecule has 0 radical (unpaired) electrons. The van der Waals surface area contributed by atoms with Crippen molar-refractivity contribution in [1.29, 1.82) is 0 Å². The number of carbonyl (C=O) groups is 1. The van der Waals surface area contributed by atoms with Gasteiger partial charge in [0.05, 0.1) is 28.6 Å². The van der Waals surface area contributed by atoms with Crippen molar-refractivity contribution in [1.82, 2.24) is 9.66 Å². The normalized spacial score (nSPS) is 13.1. The lowest BCUT2D eigenvalue weighted by atomic mass is 10.1. The first-order valence-electron chi connectivity index (χ1n) is 11.0. The molecule has 2 aromatic carbocycles. The summed E-state index contributed by atoms with van der Waals surface area (Å²) in [5.74, 6) is -0.446. The highest BCUT2D eigenvalue weighted by atomic mass is 79.9. The van der Waals surface area contributed by atoms with Gasteiger partial charge in [-0.15, -0.1) is 0 Å².